The maximum absolute atomic E-state index is 12.2. The predicted octanol–water partition coefficient (Wildman–Crippen LogP) is 3.43. The molecule has 0 aliphatic rings. The molecule has 0 spiro atoms. The first-order chi connectivity index (χ1) is 13.4. The van der Waals surface area contributed by atoms with Crippen molar-refractivity contribution in [1.29, 1.82) is 0 Å². The Morgan fingerprint density at radius 2 is 1.75 bits per heavy atom. The van der Waals surface area contributed by atoms with E-state index in [0.717, 1.165) is 11.1 Å². The minimum atomic E-state index is -0.511. The van der Waals surface area contributed by atoms with Gasteiger partial charge in [0.2, 0.25) is 0 Å². The van der Waals surface area contributed by atoms with Gasteiger partial charge < -0.3 is 10.6 Å². The number of quaternary nitrogens is 1. The van der Waals surface area contributed by atoms with Crippen LogP contribution < -0.4 is 16.0 Å². The largest absolute Gasteiger partial charge is 0.332 e. The zero-order valence-electron chi connectivity index (χ0n) is 16.5. The molecule has 5 heteroatoms. The summed E-state index contributed by atoms with van der Waals surface area (Å²) < 4.78 is 0. The van der Waals surface area contributed by atoms with Crippen LogP contribution in [0.4, 0.5) is 10.5 Å². The molecule has 3 aromatic rings. The molecule has 0 bridgehead atoms. The lowest BCUT2D eigenvalue weighted by Crippen LogP contribution is -2.87. The highest BCUT2D eigenvalue weighted by molar-refractivity contribution is 6.01. The molecule has 5 nitrogen and oxygen atoms in total. The van der Waals surface area contributed by atoms with Gasteiger partial charge in [0.05, 0.1) is 0 Å². The van der Waals surface area contributed by atoms with Crippen LogP contribution in [0.15, 0.2) is 60.7 Å². The van der Waals surface area contributed by atoms with Crippen molar-refractivity contribution in [1.82, 2.24) is 5.32 Å². The second kappa shape index (κ2) is 8.67. The number of benzene rings is 3. The number of urea groups is 1. The van der Waals surface area contributed by atoms with Crippen LogP contribution in [-0.4, -0.2) is 18.5 Å². The van der Waals surface area contributed by atoms with Crippen molar-refractivity contribution in [2.24, 2.45) is 0 Å². The zero-order chi connectivity index (χ0) is 20.1. The van der Waals surface area contributed by atoms with Gasteiger partial charge in [-0.2, -0.15) is 0 Å². The average Bonchev–Trinajstić information content (AvgIpc) is 2.68. The van der Waals surface area contributed by atoms with Gasteiger partial charge in [-0.1, -0.05) is 60.2 Å². The van der Waals surface area contributed by atoms with E-state index in [1.807, 2.05) is 55.6 Å². The van der Waals surface area contributed by atoms with Crippen molar-refractivity contribution >= 4 is 28.4 Å². The summed E-state index contributed by atoms with van der Waals surface area (Å²) >= 11 is 0. The number of nitrogens with two attached hydrogens (primary N) is 1. The summed E-state index contributed by atoms with van der Waals surface area (Å²) in [5, 5.41) is 9.41. The smallest absolute Gasteiger partial charge is 0.326 e. The summed E-state index contributed by atoms with van der Waals surface area (Å²) in [5.74, 6) is -0.325. The summed E-state index contributed by atoms with van der Waals surface area (Å²) in [6.07, 6.45) is 0. The number of anilines is 1. The second-order valence-corrected chi connectivity index (χ2v) is 7.12. The molecule has 28 heavy (non-hydrogen) atoms. The van der Waals surface area contributed by atoms with Gasteiger partial charge in [-0.15, -0.1) is 0 Å². The molecule has 4 N–H and O–H groups in total. The third-order valence-corrected chi connectivity index (χ3v) is 4.85. The minimum absolute atomic E-state index is 0.0965. The molecule has 0 aromatic heterocycles. The van der Waals surface area contributed by atoms with Gasteiger partial charge >= 0.3 is 6.03 Å². The van der Waals surface area contributed by atoms with Gasteiger partial charge in [0.15, 0.2) is 6.54 Å². The monoisotopic (exact) mass is 376 g/mol. The molecule has 0 saturated carbocycles. The molecule has 0 heterocycles. The quantitative estimate of drug-likeness (QED) is 0.638. The van der Waals surface area contributed by atoms with E-state index >= 15 is 0 Å². The van der Waals surface area contributed by atoms with Gasteiger partial charge in [-0.25, -0.2) is 4.79 Å². The lowest BCUT2D eigenvalue weighted by Gasteiger charge is -2.14. The number of nitrogens with one attached hydrogen (secondary N) is 2. The van der Waals surface area contributed by atoms with E-state index in [1.165, 1.54) is 16.3 Å². The van der Waals surface area contributed by atoms with Crippen molar-refractivity contribution in [2.45, 2.75) is 26.8 Å². The molecule has 0 aliphatic heterocycles. The van der Waals surface area contributed by atoms with E-state index in [2.05, 4.69) is 41.8 Å². The lowest BCUT2D eigenvalue weighted by molar-refractivity contribution is -0.682. The maximum Gasteiger partial charge on any atom is 0.326 e. The van der Waals surface area contributed by atoms with Crippen LogP contribution in [0.3, 0.4) is 0 Å². The summed E-state index contributed by atoms with van der Waals surface area (Å²) in [5.41, 5.74) is 3.95. The molecule has 3 rings (SSSR count). The van der Waals surface area contributed by atoms with Crippen molar-refractivity contribution in [3.63, 3.8) is 0 Å². The van der Waals surface area contributed by atoms with Gasteiger partial charge in [-0.05, 0) is 43.2 Å². The number of amides is 3. The van der Waals surface area contributed by atoms with Crippen LogP contribution in [0.5, 0.6) is 0 Å². The first kappa shape index (κ1) is 19.6. The number of hydrogen-bond acceptors (Lipinski definition) is 2. The number of aryl methyl sites for hydroxylation is 2. The van der Waals surface area contributed by atoms with Crippen LogP contribution in [0.1, 0.15) is 29.7 Å². The highest BCUT2D eigenvalue weighted by Gasteiger charge is 2.16. The highest BCUT2D eigenvalue weighted by atomic mass is 16.2. The van der Waals surface area contributed by atoms with Crippen molar-refractivity contribution < 1.29 is 14.9 Å². The SMILES string of the molecule is Cc1ccc(NC(=O)NC(=O)C[NH2+][C@H](C)c2cccc3ccccc23)c(C)c1. The Morgan fingerprint density at radius 1 is 1.00 bits per heavy atom. The third-order valence-electron chi connectivity index (χ3n) is 4.85. The topological polar surface area (TPSA) is 74.8 Å². The summed E-state index contributed by atoms with van der Waals surface area (Å²) in [6.45, 7) is 6.15. The molecule has 3 aromatic carbocycles. The van der Waals surface area contributed by atoms with Crippen LogP contribution in [0, 0.1) is 13.8 Å². The minimum Gasteiger partial charge on any atom is -0.332 e. The maximum atomic E-state index is 12.2. The van der Waals surface area contributed by atoms with Gasteiger partial charge in [0.25, 0.3) is 5.91 Å². The van der Waals surface area contributed by atoms with Gasteiger partial charge in [0.1, 0.15) is 6.04 Å². The molecule has 144 valence electrons. The normalized spacial score (nSPS) is 11.8. The number of fused-ring (bicyclic) bond motifs is 1. The Morgan fingerprint density at radius 3 is 2.54 bits per heavy atom. The number of hydrogen-bond donors (Lipinski definition) is 3. The number of rotatable bonds is 5. The van der Waals surface area contributed by atoms with Crippen molar-refractivity contribution in [2.75, 3.05) is 11.9 Å². The second-order valence-electron chi connectivity index (χ2n) is 7.12. The average molecular weight is 376 g/mol. The van der Waals surface area contributed by atoms with E-state index in [4.69, 9.17) is 0 Å². The Hall–Kier alpha value is -3.18. The summed E-state index contributed by atoms with van der Waals surface area (Å²) in [6, 6.07) is 19.7. The van der Waals surface area contributed by atoms with E-state index < -0.39 is 6.03 Å². The fourth-order valence-electron chi connectivity index (χ4n) is 3.34. The fraction of sp³-hybridized carbons (Fsp3) is 0.217. The molecular weight excluding hydrogens is 350 g/mol. The Balaban J connectivity index is 1.55. The molecule has 3 amide bonds. The van der Waals surface area contributed by atoms with Crippen LogP contribution >= 0.6 is 0 Å². The van der Waals surface area contributed by atoms with Crippen LogP contribution in [-0.2, 0) is 4.79 Å². The third kappa shape index (κ3) is 4.75. The van der Waals surface area contributed by atoms with E-state index in [0.29, 0.717) is 5.69 Å². The van der Waals surface area contributed by atoms with Crippen LogP contribution in [0.25, 0.3) is 10.8 Å². The number of carbonyl (C=O) groups excluding carboxylic acids is 2. The van der Waals surface area contributed by atoms with E-state index in [1.54, 1.807) is 0 Å². The fourth-order valence-corrected chi connectivity index (χ4v) is 3.34. The predicted molar refractivity (Wildman–Crippen MR) is 112 cm³/mol. The molecule has 0 aliphatic carbocycles. The Bertz CT molecular complexity index is 1010. The van der Waals surface area contributed by atoms with E-state index in [9.17, 15) is 9.59 Å². The van der Waals surface area contributed by atoms with Crippen molar-refractivity contribution in [3.05, 3.63) is 77.4 Å². The lowest BCUT2D eigenvalue weighted by atomic mass is 10.00. The molecule has 0 fully saturated rings. The molecule has 1 atom stereocenters. The van der Waals surface area contributed by atoms with E-state index in [-0.39, 0.29) is 18.5 Å². The van der Waals surface area contributed by atoms with Gasteiger partial charge in [-0.3, -0.25) is 10.1 Å². The Kier molecular flexibility index (Phi) is 6.06. The molecule has 0 unspecified atom stereocenters. The van der Waals surface area contributed by atoms with Crippen molar-refractivity contribution in [3.8, 4) is 0 Å². The summed E-state index contributed by atoms with van der Waals surface area (Å²) in [4.78, 5) is 24.3. The molecule has 0 radical (unpaired) electrons. The number of carbonyl (C=O) groups is 2. The molecule has 0 saturated heterocycles. The number of imide groups is 1. The first-order valence-corrected chi connectivity index (χ1v) is 9.43. The highest BCUT2D eigenvalue weighted by Crippen LogP contribution is 2.22. The summed E-state index contributed by atoms with van der Waals surface area (Å²) in [7, 11) is 0. The van der Waals surface area contributed by atoms with Crippen LogP contribution in [0.2, 0.25) is 0 Å². The van der Waals surface area contributed by atoms with Gasteiger partial charge in [0, 0.05) is 11.3 Å². The Labute approximate surface area is 165 Å². The molecular formula is C23H26N3O2+. The zero-order valence-corrected chi connectivity index (χ0v) is 16.5. The first-order valence-electron chi connectivity index (χ1n) is 9.43. The standard InChI is InChI=1S/C23H25N3O2/c1-15-11-12-21(16(2)13-15)25-23(28)26-22(27)14-24-17(3)19-10-6-8-18-7-4-5-9-20(18)19/h4-13,17,24H,14H2,1-3H3,(H2,25,26,27,28)/p+1/t17-/m1/s1.